The number of fused-ring (bicyclic) bond motifs is 2. The van der Waals surface area contributed by atoms with Gasteiger partial charge in [0, 0.05) is 48.9 Å². The second-order valence-corrected chi connectivity index (χ2v) is 13.4. The van der Waals surface area contributed by atoms with Crippen molar-refractivity contribution in [1.82, 2.24) is 20.1 Å². The van der Waals surface area contributed by atoms with Gasteiger partial charge in [0.2, 0.25) is 0 Å². The minimum atomic E-state index is -4.05. The molecule has 3 heterocycles. The average molecular weight is 731 g/mol. The molecule has 6 rings (SSSR count). The standard InChI is InChI=1S/C37H30F8N4O3/c1-35(2,52)8-7-25-5-6-27(20-3-4-21-17-46-34(51)28(21)15-20)30(47-25)22(11-19-12-23(38)16-24(39)13-19)14-26(50)18-49-32-29(31(48-49)33(40)41)36(42,43)9-10-37(32,44)45/h3-6,12-13,15-16,22,33,52H,9-11,14,17-18H2,1-2H3,(H,46,51)/t22-/m1/s1. The first kappa shape index (κ1) is 36.7. The molecule has 7 nitrogen and oxygen atoms in total. The smallest absolute Gasteiger partial charge is 0.290 e. The summed E-state index contributed by atoms with van der Waals surface area (Å²) in [5, 5.41) is 16.3. The third kappa shape index (κ3) is 7.57. The molecule has 272 valence electrons. The molecule has 1 atom stereocenters. The molecule has 15 heteroatoms. The maximum Gasteiger partial charge on any atom is 0.290 e. The van der Waals surface area contributed by atoms with Crippen LogP contribution in [0.3, 0.4) is 0 Å². The normalized spacial score (nSPS) is 16.5. The molecule has 0 saturated carbocycles. The number of carbonyl (C=O) groups excluding carboxylic acids is 2. The van der Waals surface area contributed by atoms with Gasteiger partial charge in [-0.25, -0.2) is 31.3 Å². The van der Waals surface area contributed by atoms with Crippen LogP contribution in [0.2, 0.25) is 0 Å². The third-order valence-electron chi connectivity index (χ3n) is 8.77. The number of hydrogen-bond donors (Lipinski definition) is 2. The van der Waals surface area contributed by atoms with Crippen LogP contribution in [0, 0.1) is 23.5 Å². The molecule has 0 unspecified atom stereocenters. The molecule has 0 bridgehead atoms. The van der Waals surface area contributed by atoms with E-state index in [1.54, 1.807) is 24.3 Å². The molecule has 2 aromatic heterocycles. The lowest BCUT2D eigenvalue weighted by Crippen LogP contribution is -2.33. The largest absolute Gasteiger partial charge is 0.378 e. The van der Waals surface area contributed by atoms with Crippen molar-refractivity contribution in [3.8, 4) is 23.0 Å². The molecule has 0 radical (unpaired) electrons. The maximum absolute atomic E-state index is 15.1. The lowest BCUT2D eigenvalue weighted by Gasteiger charge is -2.29. The molecular weight excluding hydrogens is 700 g/mol. The number of carbonyl (C=O) groups is 2. The molecule has 1 aliphatic carbocycles. The van der Waals surface area contributed by atoms with Crippen LogP contribution >= 0.6 is 0 Å². The van der Waals surface area contributed by atoms with Gasteiger partial charge in [0.15, 0.2) is 5.78 Å². The third-order valence-corrected chi connectivity index (χ3v) is 8.77. The van der Waals surface area contributed by atoms with Crippen molar-refractivity contribution in [2.75, 3.05) is 0 Å². The summed E-state index contributed by atoms with van der Waals surface area (Å²) in [5.41, 5.74) is -3.91. The molecule has 52 heavy (non-hydrogen) atoms. The van der Waals surface area contributed by atoms with Crippen LogP contribution in [0.4, 0.5) is 35.1 Å². The lowest BCUT2D eigenvalue weighted by molar-refractivity contribution is -0.121. The molecule has 0 spiro atoms. The van der Waals surface area contributed by atoms with Crippen molar-refractivity contribution >= 4 is 11.7 Å². The van der Waals surface area contributed by atoms with E-state index in [2.05, 4.69) is 27.2 Å². The molecule has 2 aromatic carbocycles. The van der Waals surface area contributed by atoms with Gasteiger partial charge in [-0.3, -0.25) is 14.3 Å². The summed E-state index contributed by atoms with van der Waals surface area (Å²) in [6.07, 6.45) is -7.30. The molecule has 1 aliphatic heterocycles. The van der Waals surface area contributed by atoms with Gasteiger partial charge in [-0.2, -0.15) is 13.9 Å². The Morgan fingerprint density at radius 1 is 0.981 bits per heavy atom. The van der Waals surface area contributed by atoms with Crippen molar-refractivity contribution < 1.29 is 49.8 Å². The van der Waals surface area contributed by atoms with E-state index in [4.69, 9.17) is 0 Å². The molecule has 0 fully saturated rings. The van der Waals surface area contributed by atoms with Crippen LogP contribution in [0.25, 0.3) is 11.1 Å². The van der Waals surface area contributed by atoms with Gasteiger partial charge >= 0.3 is 0 Å². The minimum absolute atomic E-state index is 0.0620. The Bertz CT molecular complexity index is 2130. The Morgan fingerprint density at radius 3 is 2.35 bits per heavy atom. The van der Waals surface area contributed by atoms with Crippen LogP contribution in [0.1, 0.15) is 95.3 Å². The number of ketones is 1. The van der Waals surface area contributed by atoms with E-state index < -0.39 is 90.0 Å². The quantitative estimate of drug-likeness (QED) is 0.138. The highest BCUT2D eigenvalue weighted by atomic mass is 19.3. The van der Waals surface area contributed by atoms with E-state index in [0.29, 0.717) is 34.9 Å². The highest BCUT2D eigenvalue weighted by Gasteiger charge is 2.55. The predicted octanol–water partition coefficient (Wildman–Crippen LogP) is 7.49. The Morgan fingerprint density at radius 2 is 1.67 bits per heavy atom. The van der Waals surface area contributed by atoms with Crippen molar-refractivity contribution in [3.63, 3.8) is 0 Å². The van der Waals surface area contributed by atoms with Crippen LogP contribution in [0.15, 0.2) is 48.5 Å². The first-order valence-electron chi connectivity index (χ1n) is 16.1. The number of hydrogen-bond acceptors (Lipinski definition) is 5. The average Bonchev–Trinajstić information content (AvgIpc) is 3.63. The van der Waals surface area contributed by atoms with Gasteiger partial charge in [0.25, 0.3) is 24.2 Å². The molecule has 1 amide bonds. The number of benzene rings is 2. The number of Topliss-reactive ketones (excluding diaryl/α,β-unsaturated/α-hetero) is 1. The van der Waals surface area contributed by atoms with Crippen LogP contribution in [0.5, 0.6) is 0 Å². The van der Waals surface area contributed by atoms with Crippen LogP contribution in [-0.4, -0.2) is 37.2 Å². The number of halogens is 8. The Labute approximate surface area is 292 Å². The van der Waals surface area contributed by atoms with E-state index in [0.717, 1.165) is 12.1 Å². The Balaban J connectivity index is 1.47. The summed E-state index contributed by atoms with van der Waals surface area (Å²) in [6, 6.07) is 10.7. The second kappa shape index (κ2) is 13.5. The van der Waals surface area contributed by atoms with Crippen LogP contribution < -0.4 is 5.32 Å². The van der Waals surface area contributed by atoms with Crippen molar-refractivity contribution in [2.45, 2.75) is 82.4 Å². The number of nitrogens with one attached hydrogen (secondary N) is 1. The van der Waals surface area contributed by atoms with E-state index in [1.165, 1.54) is 19.9 Å². The van der Waals surface area contributed by atoms with Crippen molar-refractivity contribution in [3.05, 3.63) is 105 Å². The van der Waals surface area contributed by atoms with E-state index in [9.17, 15) is 41.0 Å². The number of pyridine rings is 1. The Kier molecular flexibility index (Phi) is 9.50. The fraction of sp³-hybridized carbons (Fsp3) is 0.351. The van der Waals surface area contributed by atoms with Gasteiger partial charge in [0.1, 0.15) is 40.9 Å². The monoisotopic (exact) mass is 730 g/mol. The summed E-state index contributed by atoms with van der Waals surface area (Å²) in [7, 11) is 0. The van der Waals surface area contributed by atoms with E-state index in [-0.39, 0.29) is 34.0 Å². The van der Waals surface area contributed by atoms with Crippen molar-refractivity contribution in [1.29, 1.82) is 0 Å². The van der Waals surface area contributed by atoms with E-state index >= 15 is 8.78 Å². The van der Waals surface area contributed by atoms with Gasteiger partial charge in [-0.1, -0.05) is 18.1 Å². The summed E-state index contributed by atoms with van der Waals surface area (Å²) in [5.74, 6) is -6.96. The molecule has 4 aromatic rings. The van der Waals surface area contributed by atoms with Gasteiger partial charge in [-0.05, 0) is 73.2 Å². The highest BCUT2D eigenvalue weighted by Crippen LogP contribution is 2.52. The fourth-order valence-corrected chi connectivity index (χ4v) is 6.52. The topological polar surface area (TPSA) is 97.1 Å². The molecule has 2 N–H and O–H groups in total. The number of alkyl halides is 6. The summed E-state index contributed by atoms with van der Waals surface area (Å²) < 4.78 is 116. The van der Waals surface area contributed by atoms with Crippen LogP contribution in [-0.2, 0) is 36.1 Å². The first-order chi connectivity index (χ1) is 24.3. The second-order valence-electron chi connectivity index (χ2n) is 13.4. The predicted molar refractivity (Wildman–Crippen MR) is 171 cm³/mol. The lowest BCUT2D eigenvalue weighted by atomic mass is 9.86. The number of aliphatic hydroxyl groups is 1. The number of nitrogens with zero attached hydrogens (tertiary/aromatic N) is 3. The SMILES string of the molecule is CC(C)(O)C#Cc1ccc(-c2ccc3c(c2)C(=O)NC3)c([C@@H](CC(=O)Cn2nc(C(F)F)c3c2C(F)(F)CCC3(F)F)Cc2cc(F)cc(F)c2)n1. The maximum atomic E-state index is 15.1. The van der Waals surface area contributed by atoms with E-state index in [1.807, 2.05) is 0 Å². The summed E-state index contributed by atoms with van der Waals surface area (Å²) in [6.45, 7) is 2.04. The highest BCUT2D eigenvalue weighted by molar-refractivity contribution is 5.99. The van der Waals surface area contributed by atoms with Gasteiger partial charge in [0.05, 0.1) is 11.3 Å². The number of amides is 1. The van der Waals surface area contributed by atoms with Crippen molar-refractivity contribution in [2.24, 2.45) is 0 Å². The fourth-order valence-electron chi connectivity index (χ4n) is 6.52. The molecule has 0 saturated heterocycles. The molecule has 2 aliphatic rings. The zero-order chi connectivity index (χ0) is 37.7. The zero-order valence-electron chi connectivity index (χ0n) is 27.6. The summed E-state index contributed by atoms with van der Waals surface area (Å²) >= 11 is 0. The summed E-state index contributed by atoms with van der Waals surface area (Å²) in [4.78, 5) is 30.9. The van der Waals surface area contributed by atoms with Gasteiger partial charge < -0.3 is 10.4 Å². The Hall–Kier alpha value is -5.10. The number of rotatable bonds is 9. The molecular formula is C37H30F8N4O3. The van der Waals surface area contributed by atoms with Gasteiger partial charge in [-0.15, -0.1) is 0 Å². The zero-order valence-corrected chi connectivity index (χ0v) is 27.6. The first-order valence-corrected chi connectivity index (χ1v) is 16.1. The number of aromatic nitrogens is 3. The minimum Gasteiger partial charge on any atom is -0.378 e.